The predicted octanol–water partition coefficient (Wildman–Crippen LogP) is 0.819. The minimum absolute atomic E-state index is 0.0163. The summed E-state index contributed by atoms with van der Waals surface area (Å²) >= 11 is 5.81. The van der Waals surface area contributed by atoms with Crippen molar-refractivity contribution >= 4 is 21.6 Å². The Kier molecular flexibility index (Phi) is 4.04. The summed E-state index contributed by atoms with van der Waals surface area (Å²) in [6.07, 6.45) is 1.47. The lowest BCUT2D eigenvalue weighted by atomic mass is 10.2. The molecule has 20 heavy (non-hydrogen) atoms. The van der Waals surface area contributed by atoms with Crippen LogP contribution in [0.4, 0.5) is 0 Å². The van der Waals surface area contributed by atoms with Crippen LogP contribution >= 0.6 is 11.6 Å². The van der Waals surface area contributed by atoms with Gasteiger partial charge in [0.25, 0.3) is 0 Å². The molecule has 2 aromatic rings. The van der Waals surface area contributed by atoms with E-state index in [1.54, 1.807) is 7.05 Å². The smallest absolute Gasteiger partial charge is 0.241 e. The Morgan fingerprint density at radius 2 is 2.25 bits per heavy atom. The summed E-state index contributed by atoms with van der Waals surface area (Å²) in [6.45, 7) is -0.0270. The molecule has 1 aromatic heterocycles. The number of benzene rings is 1. The molecule has 1 aromatic carbocycles. The Labute approximate surface area is 120 Å². The Hall–Kier alpha value is -1.95. The monoisotopic (exact) mass is 311 g/mol. The molecular weight excluding hydrogens is 302 g/mol. The molecule has 0 saturated carbocycles. The fraction of sp³-hybridized carbons (Fsp3) is 0.182. The second kappa shape index (κ2) is 5.58. The average molecular weight is 312 g/mol. The molecule has 9 heteroatoms. The molecular formula is C11H10ClN5O2S. The number of nitrogens with zero attached hydrogens (tertiary/aromatic N) is 4. The molecule has 104 valence electrons. The molecule has 0 saturated heterocycles. The van der Waals surface area contributed by atoms with E-state index in [4.69, 9.17) is 16.9 Å². The SMILES string of the molecule is Cn1cnc(CNS(=O)(=O)c2ccc(C#N)c(Cl)c2)n1. The molecule has 1 heterocycles. The molecule has 0 radical (unpaired) electrons. The topological polar surface area (TPSA) is 101 Å². The summed E-state index contributed by atoms with van der Waals surface area (Å²) in [4.78, 5) is 3.90. The zero-order chi connectivity index (χ0) is 14.8. The van der Waals surface area contributed by atoms with Crippen LogP contribution in [0.5, 0.6) is 0 Å². The number of nitriles is 1. The van der Waals surface area contributed by atoms with Gasteiger partial charge in [-0.2, -0.15) is 10.4 Å². The third-order valence-corrected chi connectivity index (χ3v) is 4.15. The van der Waals surface area contributed by atoms with Crippen molar-refractivity contribution < 1.29 is 8.42 Å². The van der Waals surface area contributed by atoms with Gasteiger partial charge in [-0.1, -0.05) is 11.6 Å². The highest BCUT2D eigenvalue weighted by molar-refractivity contribution is 7.89. The van der Waals surface area contributed by atoms with Gasteiger partial charge in [0.05, 0.1) is 22.0 Å². The first-order valence-corrected chi connectivity index (χ1v) is 7.32. The summed E-state index contributed by atoms with van der Waals surface area (Å²) in [5.74, 6) is 0.357. The molecule has 0 unspecified atom stereocenters. The molecule has 0 spiro atoms. The first kappa shape index (κ1) is 14.5. The van der Waals surface area contributed by atoms with Crippen LogP contribution < -0.4 is 4.72 Å². The van der Waals surface area contributed by atoms with E-state index in [1.807, 2.05) is 6.07 Å². The highest BCUT2D eigenvalue weighted by Gasteiger charge is 2.16. The van der Waals surface area contributed by atoms with Gasteiger partial charge >= 0.3 is 0 Å². The third kappa shape index (κ3) is 3.14. The Balaban J connectivity index is 2.18. The van der Waals surface area contributed by atoms with Crippen molar-refractivity contribution in [1.29, 1.82) is 5.26 Å². The van der Waals surface area contributed by atoms with Gasteiger partial charge < -0.3 is 0 Å². The molecule has 1 N–H and O–H groups in total. The molecule has 2 rings (SSSR count). The molecule has 0 amide bonds. The van der Waals surface area contributed by atoms with Crippen molar-refractivity contribution in [2.75, 3.05) is 0 Å². The first-order chi connectivity index (χ1) is 9.42. The fourth-order valence-corrected chi connectivity index (χ4v) is 2.75. The van der Waals surface area contributed by atoms with E-state index in [2.05, 4.69) is 14.8 Å². The van der Waals surface area contributed by atoms with E-state index in [0.29, 0.717) is 5.82 Å². The summed E-state index contributed by atoms with van der Waals surface area (Å²) < 4.78 is 27.9. The largest absolute Gasteiger partial charge is 0.256 e. The maximum atomic E-state index is 12.0. The number of aryl methyl sites for hydroxylation is 1. The van der Waals surface area contributed by atoms with Gasteiger partial charge in [-0.05, 0) is 18.2 Å². The van der Waals surface area contributed by atoms with E-state index < -0.39 is 10.0 Å². The van der Waals surface area contributed by atoms with Crippen molar-refractivity contribution in [3.8, 4) is 6.07 Å². The van der Waals surface area contributed by atoms with Crippen LogP contribution in [0.1, 0.15) is 11.4 Å². The van der Waals surface area contributed by atoms with Crippen LogP contribution in [0.3, 0.4) is 0 Å². The quantitative estimate of drug-likeness (QED) is 0.900. The van der Waals surface area contributed by atoms with Crippen LogP contribution in [0.15, 0.2) is 29.4 Å². The maximum Gasteiger partial charge on any atom is 0.241 e. The van der Waals surface area contributed by atoms with Gasteiger partial charge in [0.2, 0.25) is 10.0 Å². The summed E-state index contributed by atoms with van der Waals surface area (Å²) in [5, 5.41) is 12.8. The van der Waals surface area contributed by atoms with Gasteiger partial charge in [-0.15, -0.1) is 0 Å². The van der Waals surface area contributed by atoms with Crippen LogP contribution in [-0.2, 0) is 23.6 Å². The Morgan fingerprint density at radius 3 is 2.80 bits per heavy atom. The van der Waals surface area contributed by atoms with E-state index in [9.17, 15) is 8.42 Å². The van der Waals surface area contributed by atoms with Crippen LogP contribution in [0, 0.1) is 11.3 Å². The predicted molar refractivity (Wildman–Crippen MR) is 71.2 cm³/mol. The van der Waals surface area contributed by atoms with Crippen molar-refractivity contribution in [2.45, 2.75) is 11.4 Å². The summed E-state index contributed by atoms with van der Waals surface area (Å²) in [5.41, 5.74) is 0.219. The van der Waals surface area contributed by atoms with Gasteiger partial charge in [0.1, 0.15) is 12.4 Å². The normalized spacial score (nSPS) is 11.2. The fourth-order valence-electron chi connectivity index (χ4n) is 1.46. The van der Waals surface area contributed by atoms with Gasteiger partial charge in [0.15, 0.2) is 5.82 Å². The number of rotatable bonds is 4. The van der Waals surface area contributed by atoms with Crippen LogP contribution in [0.2, 0.25) is 5.02 Å². The van der Waals surface area contributed by atoms with Crippen molar-refractivity contribution in [3.63, 3.8) is 0 Å². The maximum absolute atomic E-state index is 12.0. The van der Waals surface area contributed by atoms with E-state index in [1.165, 1.54) is 29.2 Å². The highest BCUT2D eigenvalue weighted by Crippen LogP contribution is 2.20. The van der Waals surface area contributed by atoms with Crippen molar-refractivity contribution in [2.24, 2.45) is 7.05 Å². The highest BCUT2D eigenvalue weighted by atomic mass is 35.5. The molecule has 7 nitrogen and oxygen atoms in total. The third-order valence-electron chi connectivity index (χ3n) is 2.44. The van der Waals surface area contributed by atoms with Gasteiger partial charge in [0, 0.05) is 7.05 Å². The standard InChI is InChI=1S/C11H10ClN5O2S/c1-17-7-14-11(16-17)6-15-20(18,19)9-3-2-8(5-13)10(12)4-9/h2-4,7,15H,6H2,1H3. The Bertz CT molecular complexity index is 778. The number of aromatic nitrogens is 3. The Morgan fingerprint density at radius 1 is 1.50 bits per heavy atom. The first-order valence-electron chi connectivity index (χ1n) is 5.46. The molecule has 0 aliphatic carbocycles. The zero-order valence-electron chi connectivity index (χ0n) is 10.4. The lowest BCUT2D eigenvalue weighted by Gasteiger charge is -2.05. The molecule has 0 atom stereocenters. The zero-order valence-corrected chi connectivity index (χ0v) is 12.0. The number of hydrogen-bond donors (Lipinski definition) is 1. The number of halogens is 1. The van der Waals surface area contributed by atoms with E-state index in [-0.39, 0.29) is 22.0 Å². The number of sulfonamides is 1. The summed E-state index contributed by atoms with van der Waals surface area (Å²) in [7, 11) is -2.04. The van der Waals surface area contributed by atoms with Crippen LogP contribution in [-0.4, -0.2) is 23.2 Å². The molecule has 0 aliphatic heterocycles. The average Bonchev–Trinajstić information content (AvgIpc) is 2.82. The molecule has 0 fully saturated rings. The second-order valence-electron chi connectivity index (χ2n) is 3.91. The molecule has 0 bridgehead atoms. The van der Waals surface area contributed by atoms with E-state index in [0.717, 1.165) is 0 Å². The number of hydrogen-bond acceptors (Lipinski definition) is 5. The second-order valence-corrected chi connectivity index (χ2v) is 6.09. The lowest BCUT2D eigenvalue weighted by molar-refractivity contribution is 0.578. The van der Waals surface area contributed by atoms with E-state index >= 15 is 0 Å². The lowest BCUT2D eigenvalue weighted by Crippen LogP contribution is -2.24. The van der Waals surface area contributed by atoms with Gasteiger partial charge in [-0.3, -0.25) is 4.68 Å². The van der Waals surface area contributed by atoms with Crippen LogP contribution in [0.25, 0.3) is 0 Å². The minimum atomic E-state index is -3.73. The van der Waals surface area contributed by atoms with Crippen molar-refractivity contribution in [1.82, 2.24) is 19.5 Å². The van der Waals surface area contributed by atoms with Crippen molar-refractivity contribution in [3.05, 3.63) is 40.9 Å². The molecule has 0 aliphatic rings. The van der Waals surface area contributed by atoms with Gasteiger partial charge in [-0.25, -0.2) is 18.1 Å². The number of nitrogens with one attached hydrogen (secondary N) is 1. The minimum Gasteiger partial charge on any atom is -0.256 e. The summed E-state index contributed by atoms with van der Waals surface area (Å²) in [6, 6.07) is 5.77.